The van der Waals surface area contributed by atoms with Crippen molar-refractivity contribution in [1.82, 2.24) is 10.2 Å². The van der Waals surface area contributed by atoms with Crippen LogP contribution in [0.3, 0.4) is 0 Å². The fourth-order valence-corrected chi connectivity index (χ4v) is 2.00. The summed E-state index contributed by atoms with van der Waals surface area (Å²) < 4.78 is 4.98. The highest BCUT2D eigenvalue weighted by Gasteiger charge is 2.03. The molecule has 0 heterocycles. The number of nitrogens with one attached hydrogen (secondary N) is 1. The number of ether oxygens (including phenoxy) is 1. The van der Waals surface area contributed by atoms with Crippen molar-refractivity contribution in [3.05, 3.63) is 34.3 Å². The molecular formula is C14H23ClN2O. The predicted molar refractivity (Wildman–Crippen MR) is 77.3 cm³/mol. The van der Waals surface area contributed by atoms with E-state index in [2.05, 4.69) is 30.3 Å². The molecule has 1 N–H and O–H groups in total. The number of hydrogen-bond acceptors (Lipinski definition) is 3. The molecule has 0 saturated heterocycles. The van der Waals surface area contributed by atoms with Crippen LogP contribution in [0.1, 0.15) is 11.1 Å². The van der Waals surface area contributed by atoms with E-state index in [0.717, 1.165) is 37.8 Å². The molecule has 0 atom stereocenters. The Morgan fingerprint density at radius 1 is 1.33 bits per heavy atom. The van der Waals surface area contributed by atoms with Crippen molar-refractivity contribution in [2.45, 2.75) is 13.5 Å². The fourth-order valence-electron chi connectivity index (χ4n) is 1.78. The molecule has 0 aliphatic carbocycles. The Morgan fingerprint density at radius 2 is 2.11 bits per heavy atom. The molecule has 18 heavy (non-hydrogen) atoms. The van der Waals surface area contributed by atoms with Crippen LogP contribution in [0.5, 0.6) is 0 Å². The maximum Gasteiger partial charge on any atom is 0.0587 e. The van der Waals surface area contributed by atoms with Gasteiger partial charge in [-0.15, -0.1) is 0 Å². The van der Waals surface area contributed by atoms with Crippen LogP contribution in [-0.4, -0.2) is 45.3 Å². The first-order chi connectivity index (χ1) is 8.63. The van der Waals surface area contributed by atoms with Crippen LogP contribution < -0.4 is 5.32 Å². The van der Waals surface area contributed by atoms with Gasteiger partial charge in [0.2, 0.25) is 0 Å². The lowest BCUT2D eigenvalue weighted by molar-refractivity contribution is 0.197. The summed E-state index contributed by atoms with van der Waals surface area (Å²) in [6.45, 7) is 6.73. The molecule has 0 bridgehead atoms. The van der Waals surface area contributed by atoms with Gasteiger partial charge in [-0.05, 0) is 37.2 Å². The summed E-state index contributed by atoms with van der Waals surface area (Å²) >= 11 is 5.95. The average Bonchev–Trinajstić information content (AvgIpc) is 2.32. The molecule has 1 rings (SSSR count). The van der Waals surface area contributed by atoms with Crippen molar-refractivity contribution in [1.29, 1.82) is 0 Å². The third kappa shape index (κ3) is 5.83. The SMILES string of the molecule is COCCNCCN(C)Cc1ccc(Cl)cc1C. The average molecular weight is 271 g/mol. The molecule has 0 aliphatic rings. The molecular weight excluding hydrogens is 248 g/mol. The zero-order valence-corrected chi connectivity index (χ0v) is 12.3. The second-order valence-electron chi connectivity index (χ2n) is 4.55. The summed E-state index contributed by atoms with van der Waals surface area (Å²) in [6.07, 6.45) is 0. The van der Waals surface area contributed by atoms with E-state index in [1.165, 1.54) is 11.1 Å². The van der Waals surface area contributed by atoms with Crippen LogP contribution in [0.15, 0.2) is 18.2 Å². The molecule has 0 amide bonds. The molecule has 3 nitrogen and oxygen atoms in total. The zero-order valence-electron chi connectivity index (χ0n) is 11.5. The minimum atomic E-state index is 0.764. The Hall–Kier alpha value is -0.610. The quantitative estimate of drug-likeness (QED) is 0.734. The lowest BCUT2D eigenvalue weighted by Gasteiger charge is -2.18. The molecule has 0 fully saturated rings. The number of halogens is 1. The van der Waals surface area contributed by atoms with Crippen LogP contribution in [0.25, 0.3) is 0 Å². The highest BCUT2D eigenvalue weighted by atomic mass is 35.5. The van der Waals surface area contributed by atoms with E-state index in [1.54, 1.807) is 7.11 Å². The van der Waals surface area contributed by atoms with Gasteiger partial charge in [-0.2, -0.15) is 0 Å². The molecule has 4 heteroatoms. The molecule has 0 radical (unpaired) electrons. The van der Waals surface area contributed by atoms with E-state index in [1.807, 2.05) is 12.1 Å². The Balaban J connectivity index is 2.28. The van der Waals surface area contributed by atoms with Crippen molar-refractivity contribution in [3.63, 3.8) is 0 Å². The van der Waals surface area contributed by atoms with Crippen molar-refractivity contribution < 1.29 is 4.74 Å². The number of rotatable bonds is 8. The second-order valence-corrected chi connectivity index (χ2v) is 4.99. The molecule has 1 aromatic rings. The predicted octanol–water partition coefficient (Wildman–Crippen LogP) is 2.32. The minimum Gasteiger partial charge on any atom is -0.383 e. The van der Waals surface area contributed by atoms with Gasteiger partial charge >= 0.3 is 0 Å². The Kier molecular flexibility index (Phi) is 7.28. The smallest absolute Gasteiger partial charge is 0.0587 e. The number of aryl methyl sites for hydroxylation is 1. The van der Waals surface area contributed by atoms with E-state index < -0.39 is 0 Å². The van der Waals surface area contributed by atoms with Gasteiger partial charge in [0.1, 0.15) is 0 Å². The fraction of sp³-hybridized carbons (Fsp3) is 0.571. The third-order valence-electron chi connectivity index (χ3n) is 2.90. The van der Waals surface area contributed by atoms with Crippen LogP contribution in [0.4, 0.5) is 0 Å². The van der Waals surface area contributed by atoms with Gasteiger partial charge in [-0.25, -0.2) is 0 Å². The maximum atomic E-state index is 5.95. The third-order valence-corrected chi connectivity index (χ3v) is 3.13. The second kappa shape index (κ2) is 8.48. The van der Waals surface area contributed by atoms with E-state index >= 15 is 0 Å². The summed E-state index contributed by atoms with van der Waals surface area (Å²) in [5.74, 6) is 0. The highest BCUT2D eigenvalue weighted by molar-refractivity contribution is 6.30. The number of methoxy groups -OCH3 is 1. The van der Waals surface area contributed by atoms with E-state index in [-0.39, 0.29) is 0 Å². The van der Waals surface area contributed by atoms with Gasteiger partial charge in [0.25, 0.3) is 0 Å². The van der Waals surface area contributed by atoms with Crippen LogP contribution in [-0.2, 0) is 11.3 Å². The largest absolute Gasteiger partial charge is 0.383 e. The lowest BCUT2D eigenvalue weighted by atomic mass is 10.1. The molecule has 1 aromatic carbocycles. The first kappa shape index (κ1) is 15.4. The first-order valence-electron chi connectivity index (χ1n) is 6.26. The Bertz CT molecular complexity index is 358. The van der Waals surface area contributed by atoms with Crippen LogP contribution >= 0.6 is 11.6 Å². The minimum absolute atomic E-state index is 0.764. The molecule has 0 unspecified atom stereocenters. The highest BCUT2D eigenvalue weighted by Crippen LogP contribution is 2.16. The van der Waals surface area contributed by atoms with E-state index in [0.29, 0.717) is 0 Å². The van der Waals surface area contributed by atoms with Gasteiger partial charge in [0.15, 0.2) is 0 Å². The van der Waals surface area contributed by atoms with Crippen molar-refractivity contribution in [2.75, 3.05) is 40.4 Å². The number of nitrogens with zero attached hydrogens (tertiary/aromatic N) is 1. The molecule has 0 aromatic heterocycles. The number of likely N-dealkylation sites (N-methyl/N-ethyl adjacent to an activating group) is 1. The van der Waals surface area contributed by atoms with Crippen molar-refractivity contribution in [2.24, 2.45) is 0 Å². The summed E-state index contributed by atoms with van der Waals surface area (Å²) in [4.78, 5) is 2.30. The van der Waals surface area contributed by atoms with Crippen LogP contribution in [0.2, 0.25) is 5.02 Å². The molecule has 0 saturated carbocycles. The zero-order chi connectivity index (χ0) is 13.4. The Labute approximate surface area is 115 Å². The van der Waals surface area contributed by atoms with Gasteiger partial charge < -0.3 is 15.0 Å². The van der Waals surface area contributed by atoms with Crippen molar-refractivity contribution >= 4 is 11.6 Å². The van der Waals surface area contributed by atoms with E-state index in [9.17, 15) is 0 Å². The van der Waals surface area contributed by atoms with Gasteiger partial charge in [0, 0.05) is 38.3 Å². The summed E-state index contributed by atoms with van der Waals surface area (Å²) in [7, 11) is 3.85. The molecule has 0 aliphatic heterocycles. The molecule has 0 spiro atoms. The maximum absolute atomic E-state index is 5.95. The van der Waals surface area contributed by atoms with Gasteiger partial charge in [-0.1, -0.05) is 17.7 Å². The van der Waals surface area contributed by atoms with Crippen molar-refractivity contribution in [3.8, 4) is 0 Å². The van der Waals surface area contributed by atoms with Gasteiger partial charge in [0.05, 0.1) is 6.61 Å². The normalized spacial score (nSPS) is 11.2. The van der Waals surface area contributed by atoms with Crippen LogP contribution in [0, 0.1) is 6.92 Å². The number of hydrogen-bond donors (Lipinski definition) is 1. The van der Waals surface area contributed by atoms with Gasteiger partial charge in [-0.3, -0.25) is 0 Å². The standard InChI is InChI=1S/C14H23ClN2O/c1-12-10-14(15)5-4-13(12)11-17(2)8-6-16-7-9-18-3/h4-5,10,16H,6-9,11H2,1-3H3. The monoisotopic (exact) mass is 270 g/mol. The molecule has 102 valence electrons. The lowest BCUT2D eigenvalue weighted by Crippen LogP contribution is -2.30. The summed E-state index contributed by atoms with van der Waals surface area (Å²) in [6, 6.07) is 6.07. The Morgan fingerprint density at radius 3 is 2.78 bits per heavy atom. The summed E-state index contributed by atoms with van der Waals surface area (Å²) in [5, 5.41) is 4.14. The number of benzene rings is 1. The topological polar surface area (TPSA) is 24.5 Å². The first-order valence-corrected chi connectivity index (χ1v) is 6.64. The van der Waals surface area contributed by atoms with E-state index in [4.69, 9.17) is 16.3 Å². The summed E-state index contributed by atoms with van der Waals surface area (Å²) in [5.41, 5.74) is 2.58.